The molecular formula is C40H19F9N4. The van der Waals surface area contributed by atoms with Crippen LogP contribution in [0.4, 0.5) is 45.2 Å². The monoisotopic (exact) mass is 726 g/mol. The molecule has 4 nitrogen and oxygen atoms in total. The van der Waals surface area contributed by atoms with E-state index in [1.54, 1.807) is 0 Å². The van der Waals surface area contributed by atoms with Crippen LogP contribution in [-0.4, -0.2) is 0 Å². The molecule has 53 heavy (non-hydrogen) atoms. The van der Waals surface area contributed by atoms with Crippen molar-refractivity contribution in [3.8, 4) is 34.4 Å². The fraction of sp³-hybridized carbons (Fsp3) is 0.100. The summed E-state index contributed by atoms with van der Waals surface area (Å²) < 4.78 is 127. The van der Waals surface area contributed by atoms with Crippen LogP contribution in [-0.2, 0) is 18.5 Å². The molecule has 0 aromatic heterocycles. The van der Waals surface area contributed by atoms with Crippen molar-refractivity contribution in [2.75, 3.05) is 0 Å². The predicted octanol–water partition coefficient (Wildman–Crippen LogP) is 10.6. The summed E-state index contributed by atoms with van der Waals surface area (Å²) in [5.74, 6) is 0. The maximum Gasteiger partial charge on any atom is 0.416 e. The highest BCUT2D eigenvalue weighted by atomic mass is 19.4. The Hall–Kier alpha value is -6.83. The Morgan fingerprint density at radius 2 is 1.13 bits per heavy atom. The van der Waals surface area contributed by atoms with Gasteiger partial charge in [0.1, 0.15) is 6.07 Å². The molecule has 0 aliphatic carbocycles. The fourth-order valence-corrected chi connectivity index (χ4v) is 5.72. The zero-order chi connectivity index (χ0) is 38.9. The van der Waals surface area contributed by atoms with Gasteiger partial charge in [0.2, 0.25) is 5.70 Å². The summed E-state index contributed by atoms with van der Waals surface area (Å²) in [5.41, 5.74) is -6.18. The van der Waals surface area contributed by atoms with E-state index in [9.17, 15) is 50.0 Å². The van der Waals surface area contributed by atoms with Crippen LogP contribution in [0.15, 0.2) is 97.1 Å². The van der Waals surface area contributed by atoms with Crippen LogP contribution in [0, 0.1) is 42.7 Å². The maximum atomic E-state index is 14.1. The smallest absolute Gasteiger partial charge is 0.238 e. The van der Waals surface area contributed by atoms with Gasteiger partial charge in [-0.2, -0.15) is 50.0 Å². The van der Waals surface area contributed by atoms with Crippen LogP contribution in [0.5, 0.6) is 0 Å². The summed E-state index contributed by atoms with van der Waals surface area (Å²) in [7, 11) is 0. The minimum atomic E-state index is -5.27. The Kier molecular flexibility index (Phi) is 9.93. The van der Waals surface area contributed by atoms with Crippen molar-refractivity contribution in [1.29, 1.82) is 10.5 Å². The molecule has 13 heteroatoms. The topological polar surface area (TPSA) is 56.3 Å². The van der Waals surface area contributed by atoms with E-state index in [4.69, 9.17) is 13.1 Å². The lowest BCUT2D eigenvalue weighted by molar-refractivity contribution is -0.143. The van der Waals surface area contributed by atoms with Crippen molar-refractivity contribution in [2.45, 2.75) is 25.5 Å². The second-order valence-corrected chi connectivity index (χ2v) is 11.6. The molecule has 5 rings (SSSR count). The second-order valence-electron chi connectivity index (χ2n) is 11.6. The number of benzene rings is 5. The van der Waals surface area contributed by atoms with Crippen LogP contribution in [0.2, 0.25) is 0 Å². The SMILES string of the molecule is [C-]#[N+]/C(c1cccc(C#N)c1)=c1/cc(-c2cc(C(F)(F)F)cc(C(F)(F)F)c2)/c(=C(\C#N)c2cccc([N+]#[C-])c2)cc1-c1cc(C)cc(C(F)(F)F)c1. The lowest BCUT2D eigenvalue weighted by Crippen LogP contribution is -2.21. The van der Waals surface area contributed by atoms with Crippen LogP contribution < -0.4 is 10.4 Å². The summed E-state index contributed by atoms with van der Waals surface area (Å²) >= 11 is 0. The molecule has 5 aromatic rings. The number of halogens is 9. The van der Waals surface area contributed by atoms with Crippen molar-refractivity contribution in [2.24, 2.45) is 0 Å². The first-order chi connectivity index (χ1) is 24.9. The van der Waals surface area contributed by atoms with Crippen molar-refractivity contribution in [3.63, 3.8) is 0 Å². The molecule has 0 saturated carbocycles. The van der Waals surface area contributed by atoms with Crippen molar-refractivity contribution < 1.29 is 39.5 Å². The first kappa shape index (κ1) is 37.4. The number of nitriles is 2. The number of alkyl halides is 9. The molecule has 0 N–H and O–H groups in total. The van der Waals surface area contributed by atoms with E-state index < -0.39 is 46.3 Å². The number of nitrogens with zero attached hydrogens (tertiary/aromatic N) is 4. The Balaban J connectivity index is 2.14. The van der Waals surface area contributed by atoms with E-state index in [-0.39, 0.29) is 66.8 Å². The first-order valence-electron chi connectivity index (χ1n) is 15.1. The highest BCUT2D eigenvalue weighted by Gasteiger charge is 2.37. The second kappa shape index (κ2) is 14.1. The molecule has 5 aromatic carbocycles. The Morgan fingerprint density at radius 1 is 0.604 bits per heavy atom. The van der Waals surface area contributed by atoms with Gasteiger partial charge in [0.25, 0.3) is 0 Å². The molecule has 0 amide bonds. The molecule has 0 saturated heterocycles. The Morgan fingerprint density at radius 3 is 1.68 bits per heavy atom. The summed E-state index contributed by atoms with van der Waals surface area (Å²) in [6.45, 7) is 16.9. The summed E-state index contributed by atoms with van der Waals surface area (Å²) in [4.78, 5) is 6.89. The van der Waals surface area contributed by atoms with Gasteiger partial charge in [0.15, 0.2) is 5.69 Å². The third kappa shape index (κ3) is 7.91. The zero-order valence-electron chi connectivity index (χ0n) is 26.9. The van der Waals surface area contributed by atoms with Gasteiger partial charge in [-0.3, -0.25) is 0 Å². The molecule has 0 unspecified atom stereocenters. The number of aryl methyl sites for hydroxylation is 1. The van der Waals surface area contributed by atoms with Gasteiger partial charge >= 0.3 is 18.5 Å². The van der Waals surface area contributed by atoms with Gasteiger partial charge in [-0.15, -0.1) is 0 Å². The molecule has 0 spiro atoms. The van der Waals surface area contributed by atoms with Crippen LogP contribution in [0.3, 0.4) is 0 Å². The molecular weight excluding hydrogens is 707 g/mol. The van der Waals surface area contributed by atoms with Crippen LogP contribution in [0.1, 0.15) is 38.9 Å². The highest BCUT2D eigenvalue weighted by Crippen LogP contribution is 2.39. The van der Waals surface area contributed by atoms with Crippen molar-refractivity contribution in [1.82, 2.24) is 0 Å². The van der Waals surface area contributed by atoms with Crippen LogP contribution in [0.25, 0.3) is 43.2 Å². The maximum absolute atomic E-state index is 14.1. The minimum Gasteiger partial charge on any atom is -0.238 e. The third-order valence-corrected chi connectivity index (χ3v) is 8.05. The van der Waals surface area contributed by atoms with Crippen LogP contribution >= 0.6 is 0 Å². The van der Waals surface area contributed by atoms with E-state index in [0.29, 0.717) is 12.1 Å². The van der Waals surface area contributed by atoms with Crippen molar-refractivity contribution >= 4 is 17.0 Å². The summed E-state index contributed by atoms with van der Waals surface area (Å²) in [6, 6.07) is 20.7. The Labute approximate surface area is 295 Å². The van der Waals surface area contributed by atoms with Gasteiger partial charge in [-0.25, -0.2) is 9.69 Å². The molecule has 0 bridgehead atoms. The van der Waals surface area contributed by atoms with Gasteiger partial charge in [-0.1, -0.05) is 42.5 Å². The average molecular weight is 727 g/mol. The first-order valence-corrected chi connectivity index (χ1v) is 15.1. The summed E-state index contributed by atoms with van der Waals surface area (Å²) in [6.07, 6.45) is -15.4. The minimum absolute atomic E-state index is 0.0281. The third-order valence-electron chi connectivity index (χ3n) is 8.05. The largest absolute Gasteiger partial charge is 0.416 e. The summed E-state index contributed by atoms with van der Waals surface area (Å²) in [5, 5.41) is 19.5. The number of hydrogen-bond acceptors (Lipinski definition) is 2. The van der Waals surface area contributed by atoms with E-state index >= 15 is 0 Å². The van der Waals surface area contributed by atoms with E-state index in [1.807, 2.05) is 12.1 Å². The molecule has 0 fully saturated rings. The molecule has 0 radical (unpaired) electrons. The molecule has 0 aliphatic heterocycles. The van der Waals surface area contributed by atoms with Gasteiger partial charge < -0.3 is 0 Å². The fourth-order valence-electron chi connectivity index (χ4n) is 5.72. The van der Waals surface area contributed by atoms with Crippen molar-refractivity contribution in [3.05, 3.63) is 169 Å². The lowest BCUT2D eigenvalue weighted by atomic mass is 9.88. The van der Waals surface area contributed by atoms with Gasteiger partial charge in [-0.05, 0) is 106 Å². The Bertz CT molecular complexity index is 2550. The standard InChI is InChI=1S/C40H19F9N4/c1-22-10-26(13-28(11-22)38(41,42)43)33-18-34(36(21-51)24-7-5-9-31(16-24)52-2)32(19-35(33)37(53-3)25-8-4-6-23(12-25)20-50)27-14-29(39(44,45)46)17-30(15-27)40(47,48)49/h4-19H,1H3/b36-34+,37-35-. The average Bonchev–Trinajstić information content (AvgIpc) is 3.11. The molecule has 0 atom stereocenters. The highest BCUT2D eigenvalue weighted by molar-refractivity contribution is 5.87. The van der Waals surface area contributed by atoms with E-state index in [2.05, 4.69) is 9.69 Å². The van der Waals surface area contributed by atoms with E-state index in [1.165, 1.54) is 61.5 Å². The molecule has 0 aliphatic rings. The quantitative estimate of drug-likeness (QED) is 0.137. The lowest BCUT2D eigenvalue weighted by Gasteiger charge is -2.17. The molecule has 262 valence electrons. The molecule has 0 heterocycles. The van der Waals surface area contributed by atoms with Gasteiger partial charge in [0, 0.05) is 5.22 Å². The predicted molar refractivity (Wildman–Crippen MR) is 177 cm³/mol. The van der Waals surface area contributed by atoms with Gasteiger partial charge in [0.05, 0.1) is 47.0 Å². The number of hydrogen-bond donors (Lipinski definition) is 0. The van der Waals surface area contributed by atoms with E-state index in [0.717, 1.165) is 24.3 Å². The normalized spacial score (nSPS) is 12.9. The zero-order valence-corrected chi connectivity index (χ0v) is 26.9. The number of rotatable bonds is 4.